The molecule has 0 atom stereocenters. The third-order valence-electron chi connectivity index (χ3n) is 3.06. The molecule has 0 fully saturated rings. The van der Waals surface area contributed by atoms with Gasteiger partial charge < -0.3 is 10.6 Å². The fourth-order valence-corrected chi connectivity index (χ4v) is 1.92. The van der Waals surface area contributed by atoms with Crippen LogP contribution in [0.3, 0.4) is 0 Å². The number of rotatable bonds is 6. The monoisotopic (exact) mass is 272 g/mol. The van der Waals surface area contributed by atoms with Crippen molar-refractivity contribution >= 4 is 11.6 Å². The zero-order valence-electron chi connectivity index (χ0n) is 11.9. The summed E-state index contributed by atoms with van der Waals surface area (Å²) in [5.41, 5.74) is 3.79. The molecule has 0 saturated heterocycles. The molecule has 3 N–H and O–H groups in total. The molecular formula is C15H20N4O. The maximum atomic E-state index is 12.1. The Balaban J connectivity index is 1.97. The minimum atomic E-state index is -0.0728. The van der Waals surface area contributed by atoms with Crippen molar-refractivity contribution in [3.63, 3.8) is 0 Å². The Kier molecular flexibility index (Phi) is 4.76. The van der Waals surface area contributed by atoms with Gasteiger partial charge in [0.1, 0.15) is 0 Å². The molecular weight excluding hydrogens is 252 g/mol. The third-order valence-corrected chi connectivity index (χ3v) is 3.06. The van der Waals surface area contributed by atoms with Crippen LogP contribution in [0.4, 0.5) is 5.69 Å². The number of amides is 1. The number of carbonyl (C=O) groups is 1. The number of aromatic nitrogens is 2. The van der Waals surface area contributed by atoms with Gasteiger partial charge in [0.05, 0.1) is 6.20 Å². The second-order valence-electron chi connectivity index (χ2n) is 4.75. The van der Waals surface area contributed by atoms with Crippen LogP contribution in [0.15, 0.2) is 30.6 Å². The zero-order valence-corrected chi connectivity index (χ0v) is 11.9. The average Bonchev–Trinajstić information content (AvgIpc) is 2.96. The lowest BCUT2D eigenvalue weighted by atomic mass is 10.1. The molecule has 1 aromatic heterocycles. The average molecular weight is 272 g/mol. The van der Waals surface area contributed by atoms with Crippen LogP contribution in [0, 0.1) is 6.92 Å². The standard InChI is InChI=1S/C15H20N4O/c1-3-6-16-14-5-4-13(7-11(14)2)15(20)17-8-12-9-18-19-10-12/h4-5,7,9-10,16H,3,6,8H2,1-2H3,(H,17,20)(H,18,19). The van der Waals surface area contributed by atoms with Crippen molar-refractivity contribution in [3.8, 4) is 0 Å². The van der Waals surface area contributed by atoms with Crippen molar-refractivity contribution in [3.05, 3.63) is 47.3 Å². The van der Waals surface area contributed by atoms with Crippen LogP contribution in [0.1, 0.15) is 34.8 Å². The summed E-state index contributed by atoms with van der Waals surface area (Å²) in [5, 5.41) is 12.8. The predicted molar refractivity (Wildman–Crippen MR) is 79.7 cm³/mol. The van der Waals surface area contributed by atoms with Crippen LogP contribution in [0.5, 0.6) is 0 Å². The van der Waals surface area contributed by atoms with Crippen molar-refractivity contribution < 1.29 is 4.79 Å². The van der Waals surface area contributed by atoms with Crippen molar-refractivity contribution in [2.24, 2.45) is 0 Å². The summed E-state index contributed by atoms with van der Waals surface area (Å²) in [6.07, 6.45) is 4.54. The van der Waals surface area contributed by atoms with E-state index in [1.54, 1.807) is 12.4 Å². The van der Waals surface area contributed by atoms with E-state index >= 15 is 0 Å². The quantitative estimate of drug-likeness (QED) is 0.756. The van der Waals surface area contributed by atoms with Gasteiger partial charge in [-0.1, -0.05) is 6.92 Å². The molecule has 0 aliphatic rings. The highest BCUT2D eigenvalue weighted by atomic mass is 16.1. The van der Waals surface area contributed by atoms with E-state index < -0.39 is 0 Å². The number of carbonyl (C=O) groups excluding carboxylic acids is 1. The molecule has 20 heavy (non-hydrogen) atoms. The molecule has 1 aromatic carbocycles. The van der Waals surface area contributed by atoms with E-state index in [1.165, 1.54) is 0 Å². The Bertz CT molecular complexity index is 563. The maximum absolute atomic E-state index is 12.1. The van der Waals surface area contributed by atoms with Gasteiger partial charge in [-0.05, 0) is 37.1 Å². The van der Waals surface area contributed by atoms with Crippen LogP contribution < -0.4 is 10.6 Å². The molecule has 0 radical (unpaired) electrons. The summed E-state index contributed by atoms with van der Waals surface area (Å²) in [6, 6.07) is 5.70. The SMILES string of the molecule is CCCNc1ccc(C(=O)NCc2cn[nH]c2)cc1C. The van der Waals surface area contributed by atoms with E-state index in [2.05, 4.69) is 27.8 Å². The summed E-state index contributed by atoms with van der Waals surface area (Å²) in [4.78, 5) is 12.1. The van der Waals surface area contributed by atoms with Crippen molar-refractivity contribution in [1.82, 2.24) is 15.5 Å². The normalized spacial score (nSPS) is 10.3. The fraction of sp³-hybridized carbons (Fsp3) is 0.333. The molecule has 0 aliphatic heterocycles. The highest BCUT2D eigenvalue weighted by Gasteiger charge is 2.07. The lowest BCUT2D eigenvalue weighted by Crippen LogP contribution is -2.22. The van der Waals surface area contributed by atoms with E-state index in [4.69, 9.17) is 0 Å². The zero-order chi connectivity index (χ0) is 14.4. The van der Waals surface area contributed by atoms with Gasteiger partial charge >= 0.3 is 0 Å². The van der Waals surface area contributed by atoms with E-state index in [9.17, 15) is 4.79 Å². The van der Waals surface area contributed by atoms with Gasteiger partial charge in [0.15, 0.2) is 0 Å². The van der Waals surface area contributed by atoms with Gasteiger partial charge in [-0.3, -0.25) is 9.89 Å². The first-order chi connectivity index (χ1) is 9.70. The van der Waals surface area contributed by atoms with E-state index in [0.29, 0.717) is 12.1 Å². The van der Waals surface area contributed by atoms with Crippen LogP contribution in [-0.4, -0.2) is 22.6 Å². The Morgan fingerprint density at radius 1 is 1.40 bits per heavy atom. The van der Waals surface area contributed by atoms with Crippen LogP contribution in [0.2, 0.25) is 0 Å². The topological polar surface area (TPSA) is 69.8 Å². The van der Waals surface area contributed by atoms with Gasteiger partial charge in [0.2, 0.25) is 0 Å². The molecule has 106 valence electrons. The molecule has 5 heteroatoms. The first-order valence-electron chi connectivity index (χ1n) is 6.81. The van der Waals surface area contributed by atoms with Crippen molar-refractivity contribution in [2.45, 2.75) is 26.8 Å². The lowest BCUT2D eigenvalue weighted by Gasteiger charge is -2.10. The molecule has 0 saturated carbocycles. The predicted octanol–water partition coefficient (Wildman–Crippen LogP) is 2.47. The highest BCUT2D eigenvalue weighted by Crippen LogP contribution is 2.16. The van der Waals surface area contributed by atoms with Crippen molar-refractivity contribution in [1.29, 1.82) is 0 Å². The molecule has 1 amide bonds. The van der Waals surface area contributed by atoms with Gasteiger partial charge in [0, 0.05) is 36.1 Å². The Hall–Kier alpha value is -2.30. The minimum absolute atomic E-state index is 0.0728. The molecule has 0 aliphatic carbocycles. The number of aromatic amines is 1. The maximum Gasteiger partial charge on any atom is 0.251 e. The van der Waals surface area contributed by atoms with Gasteiger partial charge in [0.25, 0.3) is 5.91 Å². The van der Waals surface area contributed by atoms with Crippen LogP contribution in [-0.2, 0) is 6.54 Å². The number of hydrogen-bond acceptors (Lipinski definition) is 3. The number of benzene rings is 1. The molecule has 2 aromatic rings. The molecule has 0 spiro atoms. The minimum Gasteiger partial charge on any atom is -0.385 e. The Morgan fingerprint density at radius 3 is 2.90 bits per heavy atom. The Morgan fingerprint density at radius 2 is 2.25 bits per heavy atom. The first-order valence-corrected chi connectivity index (χ1v) is 6.81. The lowest BCUT2D eigenvalue weighted by molar-refractivity contribution is 0.0951. The van der Waals surface area contributed by atoms with E-state index in [0.717, 1.165) is 29.8 Å². The molecule has 1 heterocycles. The number of aryl methyl sites for hydroxylation is 1. The largest absolute Gasteiger partial charge is 0.385 e. The van der Waals surface area contributed by atoms with E-state index in [1.807, 2.05) is 25.1 Å². The van der Waals surface area contributed by atoms with Gasteiger partial charge in [-0.2, -0.15) is 5.10 Å². The Labute approximate surface area is 118 Å². The van der Waals surface area contributed by atoms with Crippen LogP contribution in [0.25, 0.3) is 0 Å². The third kappa shape index (κ3) is 3.60. The molecule has 2 rings (SSSR count). The number of nitrogens with zero attached hydrogens (tertiary/aromatic N) is 1. The number of H-pyrrole nitrogens is 1. The summed E-state index contributed by atoms with van der Waals surface area (Å²) in [5.74, 6) is -0.0728. The molecule has 0 unspecified atom stereocenters. The first kappa shape index (κ1) is 14.1. The summed E-state index contributed by atoms with van der Waals surface area (Å²) in [7, 11) is 0. The smallest absolute Gasteiger partial charge is 0.251 e. The van der Waals surface area contributed by atoms with E-state index in [-0.39, 0.29) is 5.91 Å². The number of nitrogens with one attached hydrogen (secondary N) is 3. The summed E-state index contributed by atoms with van der Waals surface area (Å²) < 4.78 is 0. The second-order valence-corrected chi connectivity index (χ2v) is 4.75. The van der Waals surface area contributed by atoms with Crippen molar-refractivity contribution in [2.75, 3.05) is 11.9 Å². The number of anilines is 1. The molecule has 5 nitrogen and oxygen atoms in total. The van der Waals surface area contributed by atoms with Gasteiger partial charge in [-0.15, -0.1) is 0 Å². The van der Waals surface area contributed by atoms with Crippen LogP contribution >= 0.6 is 0 Å². The summed E-state index contributed by atoms with van der Waals surface area (Å²) >= 11 is 0. The fourth-order valence-electron chi connectivity index (χ4n) is 1.92. The van der Waals surface area contributed by atoms with Gasteiger partial charge in [-0.25, -0.2) is 0 Å². The summed E-state index contributed by atoms with van der Waals surface area (Å²) in [6.45, 7) is 5.54. The number of hydrogen-bond donors (Lipinski definition) is 3. The highest BCUT2D eigenvalue weighted by molar-refractivity contribution is 5.94. The second kappa shape index (κ2) is 6.75. The molecule has 0 bridgehead atoms.